The lowest BCUT2D eigenvalue weighted by Gasteiger charge is -1.99. The zero-order valence-electron chi connectivity index (χ0n) is 9.66. The van der Waals surface area contributed by atoms with Crippen LogP contribution in [-0.4, -0.2) is 19.8 Å². The van der Waals surface area contributed by atoms with Crippen LogP contribution >= 0.6 is 0 Å². The first-order valence-electron chi connectivity index (χ1n) is 5.45. The van der Waals surface area contributed by atoms with Gasteiger partial charge in [0.1, 0.15) is 17.5 Å². The van der Waals surface area contributed by atoms with Gasteiger partial charge in [-0.15, -0.1) is 10.2 Å². The molecule has 7 heteroatoms. The summed E-state index contributed by atoms with van der Waals surface area (Å²) in [7, 11) is 0. The maximum Gasteiger partial charge on any atom is 0.299 e. The summed E-state index contributed by atoms with van der Waals surface area (Å²) in [6.07, 6.45) is 0. The molecule has 0 aliphatic heterocycles. The monoisotopic (exact) mass is 252 g/mol. The number of nitrogen functional groups attached to an aromatic ring is 1. The van der Waals surface area contributed by atoms with Crippen molar-refractivity contribution in [1.82, 2.24) is 19.8 Å². The molecule has 0 aliphatic rings. The zero-order chi connectivity index (χ0) is 13.4. The molecule has 0 atom stereocenters. The fraction of sp³-hybridized carbons (Fsp3) is 0. The van der Waals surface area contributed by atoms with E-state index in [0.717, 1.165) is 4.52 Å². The summed E-state index contributed by atoms with van der Waals surface area (Å²) in [5, 5.41) is 19.3. The van der Waals surface area contributed by atoms with E-state index in [4.69, 9.17) is 11.0 Å². The van der Waals surface area contributed by atoms with E-state index >= 15 is 0 Å². The van der Waals surface area contributed by atoms with Gasteiger partial charge >= 0.3 is 0 Å². The quantitative estimate of drug-likeness (QED) is 0.656. The first-order chi connectivity index (χ1) is 9.22. The molecule has 0 aliphatic carbocycles. The van der Waals surface area contributed by atoms with Gasteiger partial charge in [0, 0.05) is 5.56 Å². The van der Waals surface area contributed by atoms with Crippen molar-refractivity contribution in [2.24, 2.45) is 0 Å². The summed E-state index contributed by atoms with van der Waals surface area (Å²) in [4.78, 5) is 12.3. The highest BCUT2D eigenvalue weighted by Gasteiger charge is 2.15. The minimum atomic E-state index is -0.399. The van der Waals surface area contributed by atoms with Gasteiger partial charge in [0.25, 0.3) is 5.56 Å². The Hall–Kier alpha value is -3.14. The van der Waals surface area contributed by atoms with Crippen LogP contribution in [0.15, 0.2) is 35.1 Å². The number of nitrogens with one attached hydrogen (secondary N) is 1. The Morgan fingerprint density at radius 1 is 1.26 bits per heavy atom. The van der Waals surface area contributed by atoms with Gasteiger partial charge in [-0.25, -0.2) is 0 Å². The molecule has 0 radical (unpaired) electrons. The van der Waals surface area contributed by atoms with Gasteiger partial charge < -0.3 is 5.73 Å². The standard InChI is InChI=1S/C12H8N6O/c13-6-8-10(14)17-18-11(8)16-15-9(12(18)19)7-4-2-1-3-5-7/h1-5,17H,14H2. The molecule has 0 amide bonds. The molecule has 0 bridgehead atoms. The number of aromatic nitrogens is 4. The molecule has 1 aromatic carbocycles. The molecule has 7 nitrogen and oxygen atoms in total. The Balaban J connectivity index is 2.35. The maximum atomic E-state index is 12.3. The first kappa shape index (κ1) is 11.0. The molecule has 0 unspecified atom stereocenters. The molecule has 0 spiro atoms. The first-order valence-corrected chi connectivity index (χ1v) is 5.45. The average Bonchev–Trinajstić information content (AvgIpc) is 2.77. The van der Waals surface area contributed by atoms with Crippen molar-refractivity contribution in [2.75, 3.05) is 5.73 Å². The second-order valence-corrected chi connectivity index (χ2v) is 3.89. The van der Waals surface area contributed by atoms with Crippen molar-refractivity contribution in [2.45, 2.75) is 0 Å². The molecular formula is C12H8N6O. The van der Waals surface area contributed by atoms with Crippen LogP contribution in [0.1, 0.15) is 5.56 Å². The van der Waals surface area contributed by atoms with Crippen molar-refractivity contribution in [3.05, 3.63) is 46.2 Å². The van der Waals surface area contributed by atoms with Crippen molar-refractivity contribution in [1.29, 1.82) is 5.26 Å². The Kier molecular flexibility index (Phi) is 2.29. The number of nitriles is 1. The zero-order valence-corrected chi connectivity index (χ0v) is 9.66. The molecule has 19 heavy (non-hydrogen) atoms. The highest BCUT2D eigenvalue weighted by atomic mass is 16.1. The molecule has 0 saturated heterocycles. The number of H-pyrrole nitrogens is 1. The minimum absolute atomic E-state index is 0.0964. The van der Waals surface area contributed by atoms with Gasteiger partial charge in [-0.3, -0.25) is 9.89 Å². The smallest absolute Gasteiger partial charge is 0.299 e. The topological polar surface area (TPSA) is 113 Å². The Labute approximate surface area is 106 Å². The summed E-state index contributed by atoms with van der Waals surface area (Å²) in [5.41, 5.74) is 6.31. The molecular weight excluding hydrogens is 244 g/mol. The molecule has 2 aromatic heterocycles. The number of aromatic amines is 1. The predicted molar refractivity (Wildman–Crippen MR) is 68.2 cm³/mol. The number of anilines is 1. The van der Waals surface area contributed by atoms with Gasteiger partial charge in [-0.2, -0.15) is 9.78 Å². The van der Waals surface area contributed by atoms with Gasteiger partial charge in [-0.1, -0.05) is 30.3 Å². The maximum absolute atomic E-state index is 12.3. The van der Waals surface area contributed by atoms with Crippen LogP contribution in [-0.2, 0) is 0 Å². The van der Waals surface area contributed by atoms with E-state index in [-0.39, 0.29) is 22.7 Å². The number of hydrogen-bond acceptors (Lipinski definition) is 5. The fourth-order valence-corrected chi connectivity index (χ4v) is 1.84. The van der Waals surface area contributed by atoms with E-state index in [1.165, 1.54) is 0 Å². The van der Waals surface area contributed by atoms with E-state index < -0.39 is 5.56 Å². The Bertz CT molecular complexity index is 856. The average molecular weight is 252 g/mol. The summed E-state index contributed by atoms with van der Waals surface area (Å²) in [6.45, 7) is 0. The Morgan fingerprint density at radius 3 is 2.68 bits per heavy atom. The second kappa shape index (κ2) is 3.96. The molecule has 2 heterocycles. The third kappa shape index (κ3) is 1.55. The predicted octanol–water partition coefficient (Wildman–Crippen LogP) is 0.538. The number of nitrogens with zero attached hydrogens (tertiary/aromatic N) is 4. The number of hydrogen-bond donors (Lipinski definition) is 2. The van der Waals surface area contributed by atoms with Crippen molar-refractivity contribution < 1.29 is 0 Å². The lowest BCUT2D eigenvalue weighted by molar-refractivity contribution is 0.861. The van der Waals surface area contributed by atoms with Gasteiger partial charge in [0.15, 0.2) is 11.3 Å². The van der Waals surface area contributed by atoms with Crippen LogP contribution in [0.25, 0.3) is 16.9 Å². The van der Waals surface area contributed by atoms with Gasteiger partial charge in [-0.05, 0) is 0 Å². The fourth-order valence-electron chi connectivity index (χ4n) is 1.84. The minimum Gasteiger partial charge on any atom is -0.383 e. The SMILES string of the molecule is N#Cc1c(N)[nH]n2c(=O)c(-c3ccccc3)nnc12. The highest BCUT2D eigenvalue weighted by Crippen LogP contribution is 2.15. The highest BCUT2D eigenvalue weighted by molar-refractivity contribution is 5.67. The summed E-state index contributed by atoms with van der Waals surface area (Å²) < 4.78 is 1.13. The molecule has 0 saturated carbocycles. The van der Waals surface area contributed by atoms with E-state index in [9.17, 15) is 4.79 Å². The number of fused-ring (bicyclic) bond motifs is 1. The van der Waals surface area contributed by atoms with Crippen LogP contribution in [0, 0.1) is 11.3 Å². The van der Waals surface area contributed by atoms with E-state index in [1.807, 2.05) is 12.1 Å². The number of rotatable bonds is 1. The van der Waals surface area contributed by atoms with Gasteiger partial charge in [0.05, 0.1) is 0 Å². The largest absolute Gasteiger partial charge is 0.383 e. The van der Waals surface area contributed by atoms with E-state index in [2.05, 4.69) is 15.3 Å². The number of benzene rings is 1. The van der Waals surface area contributed by atoms with Crippen molar-refractivity contribution in [3.63, 3.8) is 0 Å². The van der Waals surface area contributed by atoms with E-state index in [0.29, 0.717) is 5.56 Å². The normalized spacial score (nSPS) is 10.5. The summed E-state index contributed by atoms with van der Waals surface area (Å²) in [6, 6.07) is 10.8. The lowest BCUT2D eigenvalue weighted by Crippen LogP contribution is -2.19. The van der Waals surface area contributed by atoms with Gasteiger partial charge in [0.2, 0.25) is 0 Å². The van der Waals surface area contributed by atoms with E-state index in [1.54, 1.807) is 24.3 Å². The lowest BCUT2D eigenvalue weighted by atomic mass is 10.2. The summed E-state index contributed by atoms with van der Waals surface area (Å²) in [5.74, 6) is 0.0964. The van der Waals surface area contributed by atoms with Crippen LogP contribution in [0.3, 0.4) is 0 Å². The molecule has 92 valence electrons. The van der Waals surface area contributed by atoms with Crippen molar-refractivity contribution >= 4 is 11.5 Å². The second-order valence-electron chi connectivity index (χ2n) is 3.89. The third-order valence-electron chi connectivity index (χ3n) is 2.75. The van der Waals surface area contributed by atoms with Crippen LogP contribution < -0.4 is 11.3 Å². The molecule has 3 N–H and O–H groups in total. The molecule has 3 aromatic rings. The van der Waals surface area contributed by atoms with Crippen LogP contribution in [0.2, 0.25) is 0 Å². The van der Waals surface area contributed by atoms with Crippen molar-refractivity contribution in [3.8, 4) is 17.3 Å². The van der Waals surface area contributed by atoms with Crippen LogP contribution in [0.4, 0.5) is 5.82 Å². The Morgan fingerprint density at radius 2 is 2.00 bits per heavy atom. The molecule has 0 fully saturated rings. The third-order valence-corrected chi connectivity index (χ3v) is 2.75. The summed E-state index contributed by atoms with van der Waals surface area (Å²) >= 11 is 0. The van der Waals surface area contributed by atoms with Crippen LogP contribution in [0.5, 0.6) is 0 Å². The molecule has 3 rings (SSSR count). The number of nitrogens with two attached hydrogens (primary N) is 1.